The molecule has 1 aliphatic rings. The maximum absolute atomic E-state index is 13.1. The van der Waals surface area contributed by atoms with Crippen molar-refractivity contribution in [2.24, 2.45) is 5.92 Å². The predicted molar refractivity (Wildman–Crippen MR) is 114 cm³/mol. The third-order valence-electron chi connectivity index (χ3n) is 5.03. The van der Waals surface area contributed by atoms with Crippen molar-refractivity contribution in [1.82, 2.24) is 10.2 Å². The van der Waals surface area contributed by atoms with Crippen LogP contribution in [-0.2, 0) is 22.4 Å². The van der Waals surface area contributed by atoms with Gasteiger partial charge in [0, 0.05) is 25.1 Å². The fourth-order valence-corrected chi connectivity index (χ4v) is 4.24. The fraction of sp³-hybridized carbons (Fsp3) is 0.273. The van der Waals surface area contributed by atoms with Crippen molar-refractivity contribution in [2.45, 2.75) is 25.7 Å². The van der Waals surface area contributed by atoms with E-state index in [2.05, 4.69) is 27.6 Å². The van der Waals surface area contributed by atoms with Crippen LogP contribution in [-0.4, -0.2) is 28.6 Å². The molecule has 2 heterocycles. The molecule has 1 atom stereocenters. The summed E-state index contributed by atoms with van der Waals surface area (Å²) >= 11 is 1.36. The van der Waals surface area contributed by atoms with Gasteiger partial charge in [0.1, 0.15) is 10.8 Å². The number of nitrogens with zero attached hydrogens (tertiary/aromatic N) is 3. The van der Waals surface area contributed by atoms with Crippen LogP contribution in [0.3, 0.4) is 0 Å². The normalized spacial score (nSPS) is 16.1. The van der Waals surface area contributed by atoms with Crippen LogP contribution in [0.5, 0.6) is 0 Å². The summed E-state index contributed by atoms with van der Waals surface area (Å²) in [7, 11) is 0. The molecule has 2 amide bonds. The number of rotatable bonds is 7. The summed E-state index contributed by atoms with van der Waals surface area (Å²) in [5.74, 6) is -1.25. The zero-order valence-electron chi connectivity index (χ0n) is 16.3. The minimum Gasteiger partial charge on any atom is -0.312 e. The van der Waals surface area contributed by atoms with Crippen LogP contribution in [0.4, 0.5) is 15.2 Å². The number of hydrogen-bond acceptors (Lipinski definition) is 5. The molecule has 1 unspecified atom stereocenters. The summed E-state index contributed by atoms with van der Waals surface area (Å²) in [6.07, 6.45) is 2.83. The fourth-order valence-electron chi connectivity index (χ4n) is 3.45. The van der Waals surface area contributed by atoms with Gasteiger partial charge in [0.15, 0.2) is 0 Å². The van der Waals surface area contributed by atoms with E-state index >= 15 is 0 Å². The lowest BCUT2D eigenvalue weighted by atomic mass is 10.1. The lowest BCUT2D eigenvalue weighted by Crippen LogP contribution is -2.28. The molecule has 1 saturated heterocycles. The Morgan fingerprint density at radius 1 is 1.10 bits per heavy atom. The van der Waals surface area contributed by atoms with Crippen LogP contribution < -0.4 is 10.2 Å². The van der Waals surface area contributed by atoms with E-state index in [1.807, 2.05) is 18.2 Å². The molecule has 0 aliphatic carbocycles. The highest BCUT2D eigenvalue weighted by molar-refractivity contribution is 7.15. The Morgan fingerprint density at radius 3 is 2.63 bits per heavy atom. The second-order valence-electron chi connectivity index (χ2n) is 7.21. The van der Waals surface area contributed by atoms with Crippen molar-refractivity contribution in [3.05, 3.63) is 71.0 Å². The number of aryl methyl sites for hydroxylation is 2. The number of amides is 2. The molecule has 1 aromatic heterocycles. The smallest absolute Gasteiger partial charge is 0.231 e. The van der Waals surface area contributed by atoms with Crippen molar-refractivity contribution in [2.75, 3.05) is 16.8 Å². The van der Waals surface area contributed by atoms with E-state index < -0.39 is 5.92 Å². The lowest BCUT2D eigenvalue weighted by Gasteiger charge is -2.16. The number of nitrogens with one attached hydrogen (secondary N) is 1. The summed E-state index contributed by atoms with van der Waals surface area (Å²) in [4.78, 5) is 26.4. The summed E-state index contributed by atoms with van der Waals surface area (Å²) in [6, 6.07) is 15.9. The number of anilines is 2. The zero-order valence-corrected chi connectivity index (χ0v) is 17.1. The molecule has 0 radical (unpaired) electrons. The van der Waals surface area contributed by atoms with Crippen molar-refractivity contribution < 1.29 is 14.0 Å². The average molecular weight is 425 g/mol. The molecule has 2 aromatic carbocycles. The first-order valence-electron chi connectivity index (χ1n) is 9.81. The van der Waals surface area contributed by atoms with Gasteiger partial charge in [-0.25, -0.2) is 4.39 Å². The highest BCUT2D eigenvalue weighted by Gasteiger charge is 2.35. The van der Waals surface area contributed by atoms with Gasteiger partial charge in [-0.15, -0.1) is 10.2 Å². The molecule has 0 spiro atoms. The van der Waals surface area contributed by atoms with Gasteiger partial charge in [0.2, 0.25) is 16.9 Å². The number of halogens is 1. The Kier molecular flexibility index (Phi) is 6.13. The Labute approximate surface area is 177 Å². The maximum atomic E-state index is 13.1. The third kappa shape index (κ3) is 4.88. The number of benzene rings is 2. The Balaban J connectivity index is 1.29. The number of carbonyl (C=O) groups is 2. The average Bonchev–Trinajstić information content (AvgIpc) is 3.36. The molecule has 30 heavy (non-hydrogen) atoms. The summed E-state index contributed by atoms with van der Waals surface area (Å²) in [5.41, 5.74) is 1.88. The molecule has 8 heteroatoms. The van der Waals surface area contributed by atoms with Gasteiger partial charge in [0.05, 0.1) is 5.92 Å². The second-order valence-corrected chi connectivity index (χ2v) is 8.27. The first kappa shape index (κ1) is 20.2. The third-order valence-corrected chi connectivity index (χ3v) is 5.93. The molecule has 0 saturated carbocycles. The summed E-state index contributed by atoms with van der Waals surface area (Å²) in [6.45, 7) is 0.263. The molecule has 3 aromatic rings. The van der Waals surface area contributed by atoms with Crippen LogP contribution in [0, 0.1) is 11.7 Å². The first-order valence-corrected chi connectivity index (χ1v) is 10.6. The van der Waals surface area contributed by atoms with Crippen molar-refractivity contribution in [3.63, 3.8) is 0 Å². The largest absolute Gasteiger partial charge is 0.312 e. The molecular formula is C22H21FN4O2S. The van der Waals surface area contributed by atoms with Crippen LogP contribution in [0.15, 0.2) is 54.6 Å². The quantitative estimate of drug-likeness (QED) is 0.625. The molecule has 1 N–H and O–H groups in total. The van der Waals surface area contributed by atoms with Gasteiger partial charge >= 0.3 is 0 Å². The van der Waals surface area contributed by atoms with E-state index in [0.29, 0.717) is 10.8 Å². The standard InChI is InChI=1S/C22H21FN4O2S/c23-17-9-11-18(12-10-17)27-14-16(13-20(27)28)21(29)24-22-26-25-19(30-22)8-4-7-15-5-2-1-3-6-15/h1-3,5-6,9-12,16H,4,7-8,13-14H2,(H,24,26,29). The van der Waals surface area contributed by atoms with Crippen molar-refractivity contribution in [3.8, 4) is 0 Å². The first-order chi connectivity index (χ1) is 14.6. The van der Waals surface area contributed by atoms with Gasteiger partial charge in [-0.05, 0) is 42.7 Å². The van der Waals surface area contributed by atoms with E-state index in [0.717, 1.165) is 24.3 Å². The van der Waals surface area contributed by atoms with E-state index in [1.54, 1.807) is 12.1 Å². The highest BCUT2D eigenvalue weighted by atomic mass is 32.1. The predicted octanol–water partition coefficient (Wildman–Crippen LogP) is 3.84. The van der Waals surface area contributed by atoms with E-state index in [4.69, 9.17) is 0 Å². The number of aromatic nitrogens is 2. The minimum absolute atomic E-state index is 0.117. The minimum atomic E-state index is -0.479. The van der Waals surface area contributed by atoms with Crippen LogP contribution in [0.2, 0.25) is 0 Å². The molecule has 1 aliphatic heterocycles. The van der Waals surface area contributed by atoms with Crippen molar-refractivity contribution in [1.29, 1.82) is 0 Å². The SMILES string of the molecule is O=C(Nc1nnc(CCCc2ccccc2)s1)C1CC(=O)N(c2ccc(F)cc2)C1. The Bertz CT molecular complexity index is 1020. The van der Waals surface area contributed by atoms with E-state index in [9.17, 15) is 14.0 Å². The van der Waals surface area contributed by atoms with Gasteiger partial charge in [-0.2, -0.15) is 0 Å². The van der Waals surface area contributed by atoms with Crippen LogP contribution in [0.1, 0.15) is 23.4 Å². The molecule has 1 fully saturated rings. The molecule has 0 bridgehead atoms. The highest BCUT2D eigenvalue weighted by Crippen LogP contribution is 2.27. The van der Waals surface area contributed by atoms with Gasteiger partial charge in [-0.3, -0.25) is 9.59 Å². The summed E-state index contributed by atoms with van der Waals surface area (Å²) < 4.78 is 13.1. The van der Waals surface area contributed by atoms with Gasteiger partial charge < -0.3 is 10.2 Å². The number of carbonyl (C=O) groups excluding carboxylic acids is 2. The lowest BCUT2D eigenvalue weighted by molar-refractivity contribution is -0.122. The van der Waals surface area contributed by atoms with Gasteiger partial charge in [0.25, 0.3) is 0 Å². The van der Waals surface area contributed by atoms with E-state index in [1.165, 1.54) is 33.9 Å². The molecular weight excluding hydrogens is 403 g/mol. The summed E-state index contributed by atoms with van der Waals surface area (Å²) in [5, 5.41) is 12.3. The zero-order chi connectivity index (χ0) is 20.9. The molecule has 4 rings (SSSR count). The molecule has 154 valence electrons. The number of hydrogen-bond donors (Lipinski definition) is 1. The maximum Gasteiger partial charge on any atom is 0.231 e. The second kappa shape index (κ2) is 9.13. The van der Waals surface area contributed by atoms with E-state index in [-0.39, 0.29) is 30.6 Å². The van der Waals surface area contributed by atoms with Crippen LogP contribution in [0.25, 0.3) is 0 Å². The Hall–Kier alpha value is -3.13. The molecule has 6 nitrogen and oxygen atoms in total. The Morgan fingerprint density at radius 2 is 1.87 bits per heavy atom. The topological polar surface area (TPSA) is 75.2 Å². The van der Waals surface area contributed by atoms with Crippen LogP contribution >= 0.6 is 11.3 Å². The van der Waals surface area contributed by atoms with Gasteiger partial charge in [-0.1, -0.05) is 41.7 Å². The van der Waals surface area contributed by atoms with Crippen molar-refractivity contribution >= 4 is 34.0 Å². The monoisotopic (exact) mass is 424 g/mol.